The maximum Gasteiger partial charge on any atom is 0.226 e. The van der Waals surface area contributed by atoms with Crippen LogP contribution in [-0.4, -0.2) is 38.6 Å². The highest BCUT2D eigenvalue weighted by Gasteiger charge is 2.41. The van der Waals surface area contributed by atoms with Crippen LogP contribution in [0.15, 0.2) is 85.2 Å². The second-order valence-electron chi connectivity index (χ2n) is 9.67. The summed E-state index contributed by atoms with van der Waals surface area (Å²) in [7, 11) is 0. The lowest BCUT2D eigenvalue weighted by Crippen LogP contribution is -2.33. The number of hydrogen-bond donors (Lipinski definition) is 2. The van der Waals surface area contributed by atoms with Crippen molar-refractivity contribution in [1.29, 1.82) is 0 Å². The number of carbonyl (C=O) groups is 1. The second kappa shape index (κ2) is 11.7. The zero-order chi connectivity index (χ0) is 27.4. The molecule has 2 atom stereocenters. The number of benzene rings is 2. The number of hydrogen-bond acceptors (Lipinski definition) is 4. The van der Waals surface area contributed by atoms with E-state index < -0.39 is 0 Å². The summed E-state index contributed by atoms with van der Waals surface area (Å²) < 4.78 is 7.80. The summed E-state index contributed by atoms with van der Waals surface area (Å²) in [4.78, 5) is 19.8. The molecule has 4 aromatic rings. The van der Waals surface area contributed by atoms with Gasteiger partial charge in [0.15, 0.2) is 5.11 Å². The van der Waals surface area contributed by atoms with E-state index in [0.29, 0.717) is 24.7 Å². The average Bonchev–Trinajstić information content (AvgIpc) is 3.55. The van der Waals surface area contributed by atoms with Gasteiger partial charge in [0.2, 0.25) is 5.91 Å². The van der Waals surface area contributed by atoms with Crippen molar-refractivity contribution >= 4 is 28.9 Å². The first-order valence-electron chi connectivity index (χ1n) is 13.2. The number of aryl methyl sites for hydroxylation is 2. The first-order chi connectivity index (χ1) is 18.9. The molecule has 5 rings (SSSR count). The third-order valence-corrected chi connectivity index (χ3v) is 7.31. The molecule has 1 saturated heterocycles. The van der Waals surface area contributed by atoms with Crippen LogP contribution in [0, 0.1) is 13.8 Å². The predicted octanol–water partition coefficient (Wildman–Crippen LogP) is 5.89. The van der Waals surface area contributed by atoms with Crippen molar-refractivity contribution in [3.05, 3.63) is 108 Å². The van der Waals surface area contributed by atoms with Crippen molar-refractivity contribution in [1.82, 2.24) is 19.8 Å². The number of nitrogens with zero attached hydrogens (tertiary/aromatic N) is 3. The molecule has 1 amide bonds. The van der Waals surface area contributed by atoms with Crippen molar-refractivity contribution in [3.63, 3.8) is 0 Å². The van der Waals surface area contributed by atoms with Crippen LogP contribution in [0.4, 0.5) is 5.69 Å². The van der Waals surface area contributed by atoms with Crippen LogP contribution in [0.5, 0.6) is 5.75 Å². The molecule has 1 fully saturated rings. The van der Waals surface area contributed by atoms with Gasteiger partial charge in [-0.05, 0) is 98.7 Å². The fraction of sp³-hybridized carbons (Fsp3) is 0.258. The van der Waals surface area contributed by atoms with E-state index in [9.17, 15) is 4.79 Å². The van der Waals surface area contributed by atoms with Gasteiger partial charge in [-0.15, -0.1) is 0 Å². The Hall–Kier alpha value is -4.17. The molecule has 8 heteroatoms. The summed E-state index contributed by atoms with van der Waals surface area (Å²) >= 11 is 5.82. The summed E-state index contributed by atoms with van der Waals surface area (Å²) in [5.41, 5.74) is 5.95. The average molecular weight is 540 g/mol. The van der Waals surface area contributed by atoms with Crippen molar-refractivity contribution in [2.45, 2.75) is 39.3 Å². The topological polar surface area (TPSA) is 71.4 Å². The first kappa shape index (κ1) is 26.4. The molecule has 1 aliphatic rings. The lowest BCUT2D eigenvalue weighted by Gasteiger charge is -2.29. The van der Waals surface area contributed by atoms with Gasteiger partial charge in [-0.1, -0.05) is 18.2 Å². The molecule has 200 valence electrons. The second-order valence-corrected chi connectivity index (χ2v) is 10.1. The van der Waals surface area contributed by atoms with Gasteiger partial charge in [0.05, 0.1) is 24.4 Å². The van der Waals surface area contributed by atoms with Crippen molar-refractivity contribution in [3.8, 4) is 11.4 Å². The van der Waals surface area contributed by atoms with Crippen molar-refractivity contribution in [2.75, 3.05) is 18.5 Å². The molecular weight excluding hydrogens is 506 g/mol. The quantitative estimate of drug-likeness (QED) is 0.259. The van der Waals surface area contributed by atoms with Crippen LogP contribution in [-0.2, 0) is 4.79 Å². The normalized spacial score (nSPS) is 16.7. The Labute approximate surface area is 234 Å². The number of anilines is 1. The van der Waals surface area contributed by atoms with E-state index >= 15 is 0 Å². The molecule has 2 unspecified atom stereocenters. The molecule has 0 radical (unpaired) electrons. The van der Waals surface area contributed by atoms with Crippen LogP contribution < -0.4 is 15.4 Å². The third kappa shape index (κ3) is 5.81. The molecule has 2 N–H and O–H groups in total. The highest BCUT2D eigenvalue weighted by Crippen LogP contribution is 2.39. The monoisotopic (exact) mass is 539 g/mol. The summed E-state index contributed by atoms with van der Waals surface area (Å²) in [5, 5.41) is 7.17. The SMILES string of the molecule is CCOc1ccc(-n2cccc2C2C(c3ccccn3)NC(=S)N2CCC(=O)Nc2cc(C)ccc2C)cc1. The van der Waals surface area contributed by atoms with Gasteiger partial charge in [0.1, 0.15) is 5.75 Å². The molecule has 2 aromatic heterocycles. The molecule has 0 saturated carbocycles. The Bertz CT molecular complexity index is 1450. The Kier molecular flexibility index (Phi) is 7.93. The smallest absolute Gasteiger partial charge is 0.226 e. The molecule has 1 aliphatic heterocycles. The maximum atomic E-state index is 13.0. The minimum absolute atomic E-state index is 0.0477. The van der Waals surface area contributed by atoms with Crippen LogP contribution >= 0.6 is 12.2 Å². The van der Waals surface area contributed by atoms with Gasteiger partial charge < -0.3 is 24.8 Å². The van der Waals surface area contributed by atoms with E-state index in [4.69, 9.17) is 17.0 Å². The van der Waals surface area contributed by atoms with Crippen LogP contribution in [0.2, 0.25) is 0 Å². The van der Waals surface area contributed by atoms with E-state index in [0.717, 1.165) is 39.6 Å². The molecule has 0 aliphatic carbocycles. The number of amides is 1. The number of nitrogens with one attached hydrogen (secondary N) is 2. The number of rotatable bonds is 9. The molecule has 3 heterocycles. The van der Waals surface area contributed by atoms with E-state index in [1.807, 2.05) is 93.7 Å². The van der Waals surface area contributed by atoms with E-state index in [1.54, 1.807) is 6.20 Å². The lowest BCUT2D eigenvalue weighted by molar-refractivity contribution is -0.116. The van der Waals surface area contributed by atoms with Gasteiger partial charge in [-0.3, -0.25) is 9.78 Å². The molecular formula is C31H33N5O2S. The highest BCUT2D eigenvalue weighted by molar-refractivity contribution is 7.80. The summed E-state index contributed by atoms with van der Waals surface area (Å²) in [6.45, 7) is 7.08. The highest BCUT2D eigenvalue weighted by atomic mass is 32.1. The third-order valence-electron chi connectivity index (χ3n) is 6.95. The van der Waals surface area contributed by atoms with Crippen molar-refractivity contribution in [2.24, 2.45) is 0 Å². The fourth-order valence-corrected chi connectivity index (χ4v) is 5.34. The number of pyridine rings is 1. The minimum Gasteiger partial charge on any atom is -0.494 e. The van der Waals surface area contributed by atoms with E-state index in [1.165, 1.54) is 0 Å². The molecule has 7 nitrogen and oxygen atoms in total. The zero-order valence-corrected chi connectivity index (χ0v) is 23.2. The van der Waals surface area contributed by atoms with Gasteiger partial charge in [0.25, 0.3) is 0 Å². The Morgan fingerprint density at radius 2 is 1.90 bits per heavy atom. The van der Waals surface area contributed by atoms with E-state index in [-0.39, 0.29) is 18.0 Å². The lowest BCUT2D eigenvalue weighted by atomic mass is 10.0. The minimum atomic E-state index is -0.169. The zero-order valence-electron chi connectivity index (χ0n) is 22.4. The van der Waals surface area contributed by atoms with Crippen LogP contribution in [0.1, 0.15) is 47.9 Å². The number of aromatic nitrogens is 2. The maximum absolute atomic E-state index is 13.0. The van der Waals surface area contributed by atoms with Crippen molar-refractivity contribution < 1.29 is 9.53 Å². The molecule has 39 heavy (non-hydrogen) atoms. The largest absolute Gasteiger partial charge is 0.494 e. The number of thiocarbonyl (C=S) groups is 1. The summed E-state index contributed by atoms with van der Waals surface area (Å²) in [6, 6.07) is 23.8. The molecule has 2 aromatic carbocycles. The summed E-state index contributed by atoms with van der Waals surface area (Å²) in [6.07, 6.45) is 4.14. The molecule has 0 spiro atoms. The summed E-state index contributed by atoms with van der Waals surface area (Å²) in [5.74, 6) is 0.787. The van der Waals surface area contributed by atoms with Gasteiger partial charge >= 0.3 is 0 Å². The molecule has 0 bridgehead atoms. The standard InChI is InChI=1S/C31H33N5O2S/c1-4-38-24-14-12-23(13-15-24)35-18-7-9-27(35)30-29(25-8-5-6-17-32-25)34-31(39)36(30)19-16-28(37)33-26-20-21(2)10-11-22(26)3/h5-15,17-18,20,29-30H,4,16,19H2,1-3H3,(H,33,37)(H,34,39). The predicted molar refractivity (Wildman–Crippen MR) is 158 cm³/mol. The number of ether oxygens (including phenoxy) is 1. The van der Waals surface area contributed by atoms with Crippen LogP contribution in [0.3, 0.4) is 0 Å². The first-order valence-corrected chi connectivity index (χ1v) is 13.6. The van der Waals surface area contributed by atoms with Gasteiger partial charge in [-0.2, -0.15) is 0 Å². The van der Waals surface area contributed by atoms with Gasteiger partial charge in [0, 0.05) is 42.4 Å². The Morgan fingerprint density at radius 1 is 1.08 bits per heavy atom. The van der Waals surface area contributed by atoms with Gasteiger partial charge in [-0.25, -0.2) is 0 Å². The van der Waals surface area contributed by atoms with Crippen LogP contribution in [0.25, 0.3) is 5.69 Å². The van der Waals surface area contributed by atoms with E-state index in [2.05, 4.69) is 31.2 Å². The number of carbonyl (C=O) groups excluding carboxylic acids is 1. The Morgan fingerprint density at radius 3 is 2.64 bits per heavy atom. The Balaban J connectivity index is 1.43. The fourth-order valence-electron chi connectivity index (χ4n) is 5.01.